The van der Waals surface area contributed by atoms with Crippen LogP contribution in [0.15, 0.2) is 58.7 Å². The van der Waals surface area contributed by atoms with Crippen LogP contribution in [0.1, 0.15) is 24.0 Å². The average Bonchev–Trinajstić information content (AvgIpc) is 3.40. The molecular weight excluding hydrogens is 461 g/mol. The Bertz CT molecular complexity index is 1170. The molecule has 158 valence electrons. The number of nitrogens with zero attached hydrogens (tertiary/aromatic N) is 2. The molecule has 1 atom stereocenters. The van der Waals surface area contributed by atoms with Gasteiger partial charge in [-0.3, -0.25) is 4.79 Å². The summed E-state index contributed by atoms with van der Waals surface area (Å²) in [6, 6.07) is 14.3. The van der Waals surface area contributed by atoms with Crippen LogP contribution in [0, 0.1) is 17.1 Å². The fraction of sp³-hybridized carbons (Fsp3) is 0.250. The first-order valence-corrected chi connectivity index (χ1v) is 10.9. The predicted octanol–water partition coefficient (Wildman–Crippen LogP) is 4.79. The molecule has 0 bridgehead atoms. The van der Waals surface area contributed by atoms with Crippen LogP contribution in [0.25, 0.3) is 17.0 Å². The maximum absolute atomic E-state index is 13.3. The Balaban J connectivity index is 1.63. The van der Waals surface area contributed by atoms with Crippen molar-refractivity contribution in [3.8, 4) is 6.07 Å². The molecule has 0 unspecified atom stereocenters. The largest absolute Gasteiger partial charge is 0.376 e. The smallest absolute Gasteiger partial charge is 0.262 e. The molecule has 0 aliphatic carbocycles. The summed E-state index contributed by atoms with van der Waals surface area (Å²) in [7, 11) is 0. The lowest BCUT2D eigenvalue weighted by molar-refractivity contribution is -0.117. The first-order valence-electron chi connectivity index (χ1n) is 10.1. The topological polar surface area (TPSA) is 67.0 Å². The Morgan fingerprint density at radius 1 is 1.32 bits per heavy atom. The monoisotopic (exact) mass is 481 g/mol. The summed E-state index contributed by atoms with van der Waals surface area (Å²) >= 11 is 3.50. The lowest BCUT2D eigenvalue weighted by Crippen LogP contribution is -2.32. The van der Waals surface area contributed by atoms with Gasteiger partial charge in [-0.25, -0.2) is 4.39 Å². The number of ether oxygens (including phenoxy) is 1. The maximum atomic E-state index is 13.3. The van der Waals surface area contributed by atoms with E-state index in [1.807, 2.05) is 35.0 Å². The summed E-state index contributed by atoms with van der Waals surface area (Å²) in [5.41, 5.74) is 2.71. The average molecular weight is 482 g/mol. The zero-order chi connectivity index (χ0) is 21.8. The highest BCUT2D eigenvalue weighted by molar-refractivity contribution is 9.10. The van der Waals surface area contributed by atoms with E-state index in [0.29, 0.717) is 19.7 Å². The van der Waals surface area contributed by atoms with Gasteiger partial charge in [0.25, 0.3) is 5.91 Å². The van der Waals surface area contributed by atoms with Gasteiger partial charge in [-0.2, -0.15) is 5.26 Å². The fourth-order valence-corrected chi connectivity index (χ4v) is 4.10. The molecule has 1 aliphatic rings. The molecule has 0 radical (unpaired) electrons. The highest BCUT2D eigenvalue weighted by Crippen LogP contribution is 2.28. The second-order valence-electron chi connectivity index (χ2n) is 7.52. The maximum Gasteiger partial charge on any atom is 0.262 e. The summed E-state index contributed by atoms with van der Waals surface area (Å²) in [5.74, 6) is -0.686. The van der Waals surface area contributed by atoms with Gasteiger partial charge in [0.2, 0.25) is 0 Å². The minimum absolute atomic E-state index is 0.0115. The molecule has 1 amide bonds. The SMILES string of the molecule is N#C/C(=C\c1cn(Cc2ccc(F)cc2)c2ccc(Br)cc12)C(=O)NC[C@H]1CCCO1. The highest BCUT2D eigenvalue weighted by Gasteiger charge is 2.18. The first-order chi connectivity index (χ1) is 15.0. The third-order valence-electron chi connectivity index (χ3n) is 5.32. The van der Waals surface area contributed by atoms with E-state index in [0.717, 1.165) is 39.3 Å². The Labute approximate surface area is 188 Å². The van der Waals surface area contributed by atoms with Gasteiger partial charge in [-0.05, 0) is 54.8 Å². The number of carbonyl (C=O) groups excluding carboxylic acids is 1. The van der Waals surface area contributed by atoms with Crippen LogP contribution < -0.4 is 5.32 Å². The van der Waals surface area contributed by atoms with E-state index < -0.39 is 5.91 Å². The number of benzene rings is 2. The molecule has 2 aromatic carbocycles. The molecule has 1 saturated heterocycles. The summed E-state index contributed by atoms with van der Waals surface area (Å²) < 4.78 is 21.7. The van der Waals surface area contributed by atoms with Crippen LogP contribution in [0.2, 0.25) is 0 Å². The number of rotatable bonds is 6. The van der Waals surface area contributed by atoms with Crippen molar-refractivity contribution in [3.63, 3.8) is 0 Å². The number of amides is 1. The van der Waals surface area contributed by atoms with E-state index in [9.17, 15) is 14.4 Å². The number of hydrogen-bond acceptors (Lipinski definition) is 3. The van der Waals surface area contributed by atoms with E-state index >= 15 is 0 Å². The van der Waals surface area contributed by atoms with Gasteiger partial charge in [0, 0.05) is 46.8 Å². The number of nitrogens with one attached hydrogen (secondary N) is 1. The number of hydrogen-bond donors (Lipinski definition) is 1. The van der Waals surface area contributed by atoms with Crippen molar-refractivity contribution in [2.75, 3.05) is 13.2 Å². The van der Waals surface area contributed by atoms with Gasteiger partial charge in [0.1, 0.15) is 17.5 Å². The van der Waals surface area contributed by atoms with Crippen molar-refractivity contribution < 1.29 is 13.9 Å². The summed E-state index contributed by atoms with van der Waals surface area (Å²) in [5, 5.41) is 13.3. The number of halogens is 2. The third kappa shape index (κ3) is 5.04. The van der Waals surface area contributed by atoms with Gasteiger partial charge in [0.15, 0.2) is 0 Å². The van der Waals surface area contributed by atoms with Crippen molar-refractivity contribution in [3.05, 3.63) is 75.7 Å². The molecule has 4 rings (SSSR count). The van der Waals surface area contributed by atoms with Crippen molar-refractivity contribution in [2.24, 2.45) is 0 Å². The van der Waals surface area contributed by atoms with Gasteiger partial charge in [-0.15, -0.1) is 0 Å². The van der Waals surface area contributed by atoms with E-state index in [2.05, 4.69) is 21.2 Å². The Morgan fingerprint density at radius 3 is 2.84 bits per heavy atom. The summed E-state index contributed by atoms with van der Waals surface area (Å²) in [6.45, 7) is 1.65. The van der Waals surface area contributed by atoms with Crippen LogP contribution >= 0.6 is 15.9 Å². The lowest BCUT2D eigenvalue weighted by atomic mass is 10.1. The number of nitriles is 1. The summed E-state index contributed by atoms with van der Waals surface area (Å²) in [6.07, 6.45) is 5.43. The second kappa shape index (κ2) is 9.46. The molecule has 5 nitrogen and oxygen atoms in total. The number of carbonyl (C=O) groups is 1. The van der Waals surface area contributed by atoms with Crippen LogP contribution in [-0.2, 0) is 16.1 Å². The first kappa shape index (κ1) is 21.3. The fourth-order valence-electron chi connectivity index (χ4n) is 3.74. The molecule has 31 heavy (non-hydrogen) atoms. The Hall–Kier alpha value is -2.95. The van der Waals surface area contributed by atoms with Crippen LogP contribution in [0.3, 0.4) is 0 Å². The Morgan fingerprint density at radius 2 is 2.13 bits per heavy atom. The quantitative estimate of drug-likeness (QED) is 0.406. The molecule has 2 heterocycles. The Kier molecular flexibility index (Phi) is 6.50. The highest BCUT2D eigenvalue weighted by atomic mass is 79.9. The standard InChI is InChI=1S/C24H21BrFN3O2/c25-19-5-8-23-22(11-19)18(15-29(23)14-16-3-6-20(26)7-4-16)10-17(12-27)24(30)28-13-21-2-1-9-31-21/h3-8,10-11,15,21H,1-2,9,13-14H2,(H,28,30)/b17-10+/t21-/m1/s1. The number of fused-ring (bicyclic) bond motifs is 1. The van der Waals surface area contributed by atoms with Crippen LogP contribution in [0.5, 0.6) is 0 Å². The zero-order valence-corrected chi connectivity index (χ0v) is 18.4. The second-order valence-corrected chi connectivity index (χ2v) is 8.43. The number of aromatic nitrogens is 1. The summed E-state index contributed by atoms with van der Waals surface area (Å²) in [4.78, 5) is 12.6. The van der Waals surface area contributed by atoms with Crippen molar-refractivity contribution in [2.45, 2.75) is 25.5 Å². The molecule has 0 saturated carbocycles. The molecule has 0 spiro atoms. The van der Waals surface area contributed by atoms with Crippen LogP contribution in [0.4, 0.5) is 4.39 Å². The van der Waals surface area contributed by atoms with Gasteiger partial charge < -0.3 is 14.6 Å². The molecule has 7 heteroatoms. The molecule has 1 N–H and O–H groups in total. The van der Waals surface area contributed by atoms with Crippen molar-refractivity contribution in [1.29, 1.82) is 5.26 Å². The molecule has 3 aromatic rings. The van der Waals surface area contributed by atoms with Crippen LogP contribution in [-0.4, -0.2) is 29.7 Å². The van der Waals surface area contributed by atoms with E-state index in [-0.39, 0.29) is 17.5 Å². The van der Waals surface area contributed by atoms with E-state index in [1.165, 1.54) is 12.1 Å². The normalized spacial score (nSPS) is 16.4. The van der Waals surface area contributed by atoms with Gasteiger partial charge in [-0.1, -0.05) is 28.1 Å². The minimum Gasteiger partial charge on any atom is -0.376 e. The molecule has 1 fully saturated rings. The van der Waals surface area contributed by atoms with Gasteiger partial charge >= 0.3 is 0 Å². The van der Waals surface area contributed by atoms with E-state index in [1.54, 1.807) is 18.2 Å². The van der Waals surface area contributed by atoms with E-state index in [4.69, 9.17) is 4.74 Å². The zero-order valence-electron chi connectivity index (χ0n) is 16.8. The van der Waals surface area contributed by atoms with Gasteiger partial charge in [0.05, 0.1) is 6.10 Å². The molecular formula is C24H21BrFN3O2. The van der Waals surface area contributed by atoms with Crippen molar-refractivity contribution >= 4 is 38.8 Å². The van der Waals surface area contributed by atoms with Crippen molar-refractivity contribution in [1.82, 2.24) is 9.88 Å². The predicted molar refractivity (Wildman–Crippen MR) is 121 cm³/mol. The molecule has 1 aliphatic heterocycles. The lowest BCUT2D eigenvalue weighted by Gasteiger charge is -2.10. The minimum atomic E-state index is -0.410. The third-order valence-corrected chi connectivity index (χ3v) is 5.81. The molecule has 1 aromatic heterocycles.